The average Bonchev–Trinajstić information content (AvgIpc) is 2.50. The second-order valence-corrected chi connectivity index (χ2v) is 3.42. The van der Waals surface area contributed by atoms with Gasteiger partial charge in [-0.05, 0) is 12.5 Å². The molecule has 2 aromatic rings. The molecule has 6 heteroatoms. The number of hydrogen-bond donors (Lipinski definition) is 2. The third-order valence-corrected chi connectivity index (χ3v) is 2.39. The number of alkyl halides is 3. The van der Waals surface area contributed by atoms with Crippen molar-refractivity contribution >= 4 is 11.0 Å². The number of aromatic hydroxyl groups is 1. The summed E-state index contributed by atoms with van der Waals surface area (Å²) in [5.74, 6) is -0.121. The van der Waals surface area contributed by atoms with Gasteiger partial charge >= 0.3 is 6.18 Å². The molecule has 0 fully saturated rings. The molecule has 0 atom stereocenters. The number of nitrogens with one attached hydrogen (secondary N) is 1. The number of aromatic nitrogens is 2. The van der Waals surface area contributed by atoms with Crippen LogP contribution in [0.4, 0.5) is 13.2 Å². The van der Waals surface area contributed by atoms with Crippen LogP contribution < -0.4 is 0 Å². The van der Waals surface area contributed by atoms with Crippen LogP contribution in [0.5, 0.6) is 5.88 Å². The van der Waals surface area contributed by atoms with Gasteiger partial charge in [0.2, 0.25) is 0 Å². The van der Waals surface area contributed by atoms with E-state index in [1.807, 2.05) is 0 Å². The van der Waals surface area contributed by atoms with Crippen LogP contribution in [0.3, 0.4) is 0 Å². The summed E-state index contributed by atoms with van der Waals surface area (Å²) in [5, 5.41) is 9.45. The summed E-state index contributed by atoms with van der Waals surface area (Å²) >= 11 is 0. The first-order valence-corrected chi connectivity index (χ1v) is 4.70. The lowest BCUT2D eigenvalue weighted by Crippen LogP contribution is -2.05. The second-order valence-electron chi connectivity index (χ2n) is 3.42. The largest absolute Gasteiger partial charge is 0.494 e. The second kappa shape index (κ2) is 3.40. The normalized spacial score (nSPS) is 12.2. The number of nitrogens with zero attached hydrogens (tertiary/aromatic N) is 1. The molecule has 3 nitrogen and oxygen atoms in total. The molecule has 2 heterocycles. The number of H-pyrrole nitrogens is 1. The van der Waals surface area contributed by atoms with Crippen LogP contribution in [-0.4, -0.2) is 15.1 Å². The Bertz CT molecular complexity index is 531. The molecular weight excluding hydrogens is 221 g/mol. The fourth-order valence-corrected chi connectivity index (χ4v) is 1.61. The Morgan fingerprint density at radius 3 is 2.69 bits per heavy atom. The molecule has 2 aromatic heterocycles. The highest BCUT2D eigenvalue weighted by Gasteiger charge is 2.31. The van der Waals surface area contributed by atoms with Crippen LogP contribution in [-0.2, 0) is 12.6 Å². The molecule has 0 saturated carbocycles. The van der Waals surface area contributed by atoms with E-state index in [-0.39, 0.29) is 11.4 Å². The highest BCUT2D eigenvalue weighted by molar-refractivity contribution is 5.82. The van der Waals surface area contributed by atoms with Gasteiger partial charge in [-0.1, -0.05) is 6.92 Å². The number of halogens is 3. The van der Waals surface area contributed by atoms with E-state index in [1.165, 1.54) is 0 Å². The number of aromatic amines is 1. The summed E-state index contributed by atoms with van der Waals surface area (Å²) in [6, 6.07) is 0.946. The minimum Gasteiger partial charge on any atom is -0.494 e. The first kappa shape index (κ1) is 10.8. The molecule has 0 saturated heterocycles. The number of pyridine rings is 1. The first-order valence-electron chi connectivity index (χ1n) is 4.70. The zero-order valence-electron chi connectivity index (χ0n) is 8.39. The molecule has 0 radical (unpaired) electrons. The van der Waals surface area contributed by atoms with Crippen LogP contribution in [0.25, 0.3) is 11.0 Å². The van der Waals surface area contributed by atoms with Crippen LogP contribution in [0.1, 0.15) is 18.1 Å². The zero-order chi connectivity index (χ0) is 11.9. The average molecular weight is 230 g/mol. The van der Waals surface area contributed by atoms with Gasteiger partial charge in [-0.3, -0.25) is 4.98 Å². The van der Waals surface area contributed by atoms with Crippen molar-refractivity contribution in [2.75, 3.05) is 0 Å². The summed E-state index contributed by atoms with van der Waals surface area (Å²) < 4.78 is 37.2. The fourth-order valence-electron chi connectivity index (χ4n) is 1.61. The molecule has 0 bridgehead atoms. The Hall–Kier alpha value is -1.72. The van der Waals surface area contributed by atoms with Crippen LogP contribution in [0.2, 0.25) is 0 Å². The van der Waals surface area contributed by atoms with Crippen molar-refractivity contribution in [2.45, 2.75) is 19.5 Å². The summed E-state index contributed by atoms with van der Waals surface area (Å²) in [6.45, 7) is 1.79. The van der Waals surface area contributed by atoms with E-state index >= 15 is 0 Å². The van der Waals surface area contributed by atoms with E-state index in [0.717, 1.165) is 12.3 Å². The van der Waals surface area contributed by atoms with E-state index < -0.39 is 11.7 Å². The Kier molecular flexibility index (Phi) is 2.29. The molecule has 2 rings (SSSR count). The molecule has 0 aliphatic rings. The van der Waals surface area contributed by atoms with Crippen molar-refractivity contribution in [2.24, 2.45) is 0 Å². The Labute approximate surface area is 88.9 Å². The van der Waals surface area contributed by atoms with Crippen molar-refractivity contribution in [3.8, 4) is 5.88 Å². The third kappa shape index (κ3) is 1.60. The maximum absolute atomic E-state index is 12.4. The van der Waals surface area contributed by atoms with Gasteiger partial charge < -0.3 is 10.1 Å². The van der Waals surface area contributed by atoms with Gasteiger partial charge in [-0.25, -0.2) is 0 Å². The summed E-state index contributed by atoms with van der Waals surface area (Å²) in [4.78, 5) is 6.21. The summed E-state index contributed by atoms with van der Waals surface area (Å²) in [6.07, 6.45) is -3.15. The van der Waals surface area contributed by atoms with Gasteiger partial charge in [0.15, 0.2) is 5.88 Å². The van der Waals surface area contributed by atoms with E-state index in [1.54, 1.807) is 6.92 Å². The van der Waals surface area contributed by atoms with Gasteiger partial charge in [0.25, 0.3) is 0 Å². The number of fused-ring (bicyclic) bond motifs is 1. The lowest BCUT2D eigenvalue weighted by atomic mass is 10.2. The van der Waals surface area contributed by atoms with Crippen LogP contribution in [0.15, 0.2) is 12.3 Å². The van der Waals surface area contributed by atoms with Gasteiger partial charge in [0.05, 0.1) is 16.6 Å². The van der Waals surface area contributed by atoms with Gasteiger partial charge in [-0.15, -0.1) is 0 Å². The molecule has 16 heavy (non-hydrogen) atoms. The predicted molar refractivity (Wildman–Crippen MR) is 52.1 cm³/mol. The number of rotatable bonds is 1. The van der Waals surface area contributed by atoms with E-state index in [4.69, 9.17) is 0 Å². The standard InChI is InChI=1S/C10H9F3N2O/c1-2-6-8-7(15-9(6)16)3-5(4-14-8)10(11,12)13/h3-4,15-16H,2H2,1H3. The SMILES string of the molecule is CCc1c(O)[nH]c2cc(C(F)(F)F)cnc12. The minimum atomic E-state index is -4.42. The van der Waals surface area contributed by atoms with E-state index in [0.29, 0.717) is 17.5 Å². The maximum atomic E-state index is 12.4. The Balaban J connectivity index is 2.65. The number of hydrogen-bond acceptors (Lipinski definition) is 2. The zero-order valence-corrected chi connectivity index (χ0v) is 8.39. The predicted octanol–water partition coefficient (Wildman–Crippen LogP) is 2.85. The molecule has 0 aliphatic carbocycles. The molecule has 0 spiro atoms. The number of aryl methyl sites for hydroxylation is 1. The highest BCUT2D eigenvalue weighted by atomic mass is 19.4. The highest BCUT2D eigenvalue weighted by Crippen LogP contribution is 2.32. The molecule has 2 N–H and O–H groups in total. The van der Waals surface area contributed by atoms with Crippen molar-refractivity contribution in [1.82, 2.24) is 9.97 Å². The van der Waals surface area contributed by atoms with Crippen molar-refractivity contribution in [3.05, 3.63) is 23.4 Å². The minimum absolute atomic E-state index is 0.121. The summed E-state index contributed by atoms with van der Waals surface area (Å²) in [7, 11) is 0. The quantitative estimate of drug-likeness (QED) is 0.791. The van der Waals surface area contributed by atoms with Gasteiger partial charge in [0, 0.05) is 11.8 Å². The lowest BCUT2D eigenvalue weighted by molar-refractivity contribution is -0.137. The molecule has 0 aromatic carbocycles. The molecule has 0 aliphatic heterocycles. The van der Waals surface area contributed by atoms with Crippen molar-refractivity contribution < 1.29 is 18.3 Å². The summed E-state index contributed by atoms with van der Waals surface area (Å²) in [5.41, 5.74) is 0.282. The topological polar surface area (TPSA) is 48.9 Å². The lowest BCUT2D eigenvalue weighted by Gasteiger charge is -2.05. The monoisotopic (exact) mass is 230 g/mol. The van der Waals surface area contributed by atoms with E-state index in [2.05, 4.69) is 9.97 Å². The van der Waals surface area contributed by atoms with Crippen LogP contribution >= 0.6 is 0 Å². The molecular formula is C10H9F3N2O. The first-order chi connectivity index (χ1) is 7.43. The maximum Gasteiger partial charge on any atom is 0.417 e. The third-order valence-electron chi connectivity index (χ3n) is 2.39. The Morgan fingerprint density at radius 2 is 2.12 bits per heavy atom. The molecule has 0 unspecified atom stereocenters. The molecule has 86 valence electrons. The smallest absolute Gasteiger partial charge is 0.417 e. The Morgan fingerprint density at radius 1 is 1.44 bits per heavy atom. The van der Waals surface area contributed by atoms with Gasteiger partial charge in [-0.2, -0.15) is 13.2 Å². The van der Waals surface area contributed by atoms with Gasteiger partial charge in [0.1, 0.15) is 0 Å². The van der Waals surface area contributed by atoms with Crippen LogP contribution in [0, 0.1) is 0 Å². The van der Waals surface area contributed by atoms with Crippen molar-refractivity contribution in [1.29, 1.82) is 0 Å². The van der Waals surface area contributed by atoms with E-state index in [9.17, 15) is 18.3 Å². The molecule has 0 amide bonds. The fraction of sp³-hybridized carbons (Fsp3) is 0.300. The van der Waals surface area contributed by atoms with Crippen molar-refractivity contribution in [3.63, 3.8) is 0 Å².